The number of amides is 1. The Labute approximate surface area is 170 Å². The van der Waals surface area contributed by atoms with Gasteiger partial charge in [0.2, 0.25) is 0 Å². The molecule has 0 fully saturated rings. The van der Waals surface area contributed by atoms with Crippen LogP contribution in [0.3, 0.4) is 0 Å². The van der Waals surface area contributed by atoms with Gasteiger partial charge in [-0.25, -0.2) is 13.5 Å². The first-order chi connectivity index (χ1) is 14.5. The molecule has 2 aromatic carbocycles. The van der Waals surface area contributed by atoms with E-state index in [-0.39, 0.29) is 6.54 Å². The summed E-state index contributed by atoms with van der Waals surface area (Å²) in [5.74, 6) is -3.73. The maximum atomic E-state index is 14.0. The fraction of sp³-hybridized carbons (Fsp3) is 0.0455. The van der Waals surface area contributed by atoms with Crippen LogP contribution < -0.4 is 5.32 Å². The highest BCUT2D eigenvalue weighted by Crippen LogP contribution is 2.25. The molecule has 0 radical (unpaired) electrons. The van der Waals surface area contributed by atoms with Crippen molar-refractivity contribution in [3.63, 3.8) is 0 Å². The van der Waals surface area contributed by atoms with Gasteiger partial charge >= 0.3 is 0 Å². The molecule has 8 heteroatoms. The Morgan fingerprint density at radius 1 is 1.07 bits per heavy atom. The van der Waals surface area contributed by atoms with Crippen molar-refractivity contribution in [1.29, 1.82) is 0 Å². The molecule has 4 aromatic rings. The number of rotatable bonds is 5. The largest absolute Gasteiger partial charge is 0.507 e. The number of benzene rings is 2. The number of para-hydroxylation sites is 1. The van der Waals surface area contributed by atoms with Gasteiger partial charge in [0.15, 0.2) is 0 Å². The smallest absolute Gasteiger partial charge is 0.258 e. The lowest BCUT2D eigenvalue weighted by molar-refractivity contribution is 0.0944. The number of phenols is 1. The molecule has 6 nitrogen and oxygen atoms in total. The molecule has 0 atom stereocenters. The summed E-state index contributed by atoms with van der Waals surface area (Å²) in [4.78, 5) is 16.4. The minimum atomic E-state index is -1.14. The molecular weight excluding hydrogens is 390 g/mol. The van der Waals surface area contributed by atoms with Gasteiger partial charge in [0.1, 0.15) is 22.9 Å². The fourth-order valence-electron chi connectivity index (χ4n) is 3.05. The quantitative estimate of drug-likeness (QED) is 0.528. The van der Waals surface area contributed by atoms with Crippen LogP contribution in [0.5, 0.6) is 5.75 Å². The topological polar surface area (TPSA) is 80.0 Å². The first kappa shape index (κ1) is 19.3. The second-order valence-corrected chi connectivity index (χ2v) is 6.48. The van der Waals surface area contributed by atoms with Gasteiger partial charge in [0.25, 0.3) is 5.91 Å². The number of pyridine rings is 1. The number of halogens is 2. The minimum absolute atomic E-state index is 0.0135. The Morgan fingerprint density at radius 3 is 2.50 bits per heavy atom. The Morgan fingerprint density at radius 2 is 1.80 bits per heavy atom. The molecule has 150 valence electrons. The number of aromatic nitrogens is 3. The molecule has 0 saturated heterocycles. The molecule has 0 bridgehead atoms. The second-order valence-electron chi connectivity index (χ2n) is 6.48. The molecule has 0 unspecified atom stereocenters. The number of carbonyl (C=O) groups is 1. The molecule has 2 aromatic heterocycles. The van der Waals surface area contributed by atoms with Crippen molar-refractivity contribution in [2.45, 2.75) is 6.54 Å². The Balaban J connectivity index is 1.65. The van der Waals surface area contributed by atoms with Crippen LogP contribution in [-0.2, 0) is 6.54 Å². The minimum Gasteiger partial charge on any atom is -0.507 e. The van der Waals surface area contributed by atoms with Crippen molar-refractivity contribution in [2.24, 2.45) is 0 Å². The molecule has 0 aliphatic heterocycles. The number of aromatic hydroxyl groups is 1. The highest BCUT2D eigenvalue weighted by Gasteiger charge is 2.20. The summed E-state index contributed by atoms with van der Waals surface area (Å²) in [6.07, 6.45) is 5.02. The number of carbonyl (C=O) groups excluding carboxylic acids is 1. The lowest BCUT2D eigenvalue weighted by atomic mass is 10.1. The zero-order valence-corrected chi connectivity index (χ0v) is 15.6. The Kier molecular flexibility index (Phi) is 5.21. The SMILES string of the molecule is O=C(NCc1cn(-c2ccccc2)nc1-c1ccncc1)c1c(O)cc(F)cc1F. The predicted octanol–water partition coefficient (Wildman–Crippen LogP) is 3.85. The summed E-state index contributed by atoms with van der Waals surface area (Å²) in [6, 6.07) is 14.2. The van der Waals surface area contributed by atoms with E-state index in [0.717, 1.165) is 11.3 Å². The molecule has 0 saturated carbocycles. The van der Waals surface area contributed by atoms with Gasteiger partial charge in [0, 0.05) is 48.4 Å². The number of phenolic OH excluding ortho intramolecular Hbond substituents is 1. The first-order valence-corrected chi connectivity index (χ1v) is 9.03. The summed E-state index contributed by atoms with van der Waals surface area (Å²) in [6.45, 7) is 0.0135. The van der Waals surface area contributed by atoms with Crippen LogP contribution in [0, 0.1) is 11.6 Å². The van der Waals surface area contributed by atoms with Crippen molar-refractivity contribution in [1.82, 2.24) is 20.1 Å². The molecule has 1 amide bonds. The summed E-state index contributed by atoms with van der Waals surface area (Å²) in [5, 5.41) is 16.9. The monoisotopic (exact) mass is 406 g/mol. The third kappa shape index (κ3) is 3.88. The summed E-state index contributed by atoms with van der Waals surface area (Å²) in [5.41, 5.74) is 2.29. The molecule has 2 heterocycles. The van der Waals surface area contributed by atoms with E-state index in [2.05, 4.69) is 15.4 Å². The molecule has 0 aliphatic rings. The van der Waals surface area contributed by atoms with Gasteiger partial charge in [-0.1, -0.05) is 18.2 Å². The summed E-state index contributed by atoms with van der Waals surface area (Å²) >= 11 is 0. The molecule has 0 spiro atoms. The van der Waals surface area contributed by atoms with E-state index in [1.54, 1.807) is 35.4 Å². The van der Waals surface area contributed by atoms with Crippen molar-refractivity contribution in [3.05, 3.63) is 95.9 Å². The maximum absolute atomic E-state index is 14.0. The molecule has 4 rings (SSSR count). The van der Waals surface area contributed by atoms with Gasteiger partial charge in [-0.3, -0.25) is 9.78 Å². The summed E-state index contributed by atoms with van der Waals surface area (Å²) < 4.78 is 28.8. The third-order valence-electron chi connectivity index (χ3n) is 4.47. The average molecular weight is 406 g/mol. The van der Waals surface area contributed by atoms with Gasteiger partial charge in [-0.2, -0.15) is 5.10 Å². The first-order valence-electron chi connectivity index (χ1n) is 9.03. The number of hydrogen-bond donors (Lipinski definition) is 2. The Bertz CT molecular complexity index is 1170. The van der Waals surface area contributed by atoms with Crippen molar-refractivity contribution in [3.8, 4) is 22.7 Å². The normalized spacial score (nSPS) is 10.7. The van der Waals surface area contributed by atoms with Crippen LogP contribution in [0.2, 0.25) is 0 Å². The van der Waals surface area contributed by atoms with E-state index >= 15 is 0 Å². The number of hydrogen-bond acceptors (Lipinski definition) is 4. The van der Waals surface area contributed by atoms with Crippen LogP contribution in [0.15, 0.2) is 73.2 Å². The Hall–Kier alpha value is -4.07. The molecule has 30 heavy (non-hydrogen) atoms. The predicted molar refractivity (Wildman–Crippen MR) is 106 cm³/mol. The highest BCUT2D eigenvalue weighted by atomic mass is 19.1. The molecular formula is C22H16F2N4O2. The lowest BCUT2D eigenvalue weighted by Crippen LogP contribution is -2.24. The van der Waals surface area contributed by atoms with Crippen LogP contribution in [0.25, 0.3) is 16.9 Å². The summed E-state index contributed by atoms with van der Waals surface area (Å²) in [7, 11) is 0. The zero-order chi connectivity index (χ0) is 21.1. The van der Waals surface area contributed by atoms with E-state index in [1.165, 1.54) is 0 Å². The van der Waals surface area contributed by atoms with E-state index in [0.29, 0.717) is 23.4 Å². The van der Waals surface area contributed by atoms with Crippen molar-refractivity contribution >= 4 is 5.91 Å². The van der Waals surface area contributed by atoms with Gasteiger partial charge in [-0.15, -0.1) is 0 Å². The number of nitrogens with zero attached hydrogens (tertiary/aromatic N) is 3. The van der Waals surface area contributed by atoms with Crippen molar-refractivity contribution in [2.75, 3.05) is 0 Å². The standard InChI is InChI=1S/C22H16F2N4O2/c23-16-10-18(24)20(19(29)11-16)22(30)26-12-15-13-28(17-4-2-1-3-5-17)27-21(15)14-6-8-25-9-7-14/h1-11,13,29H,12H2,(H,26,30). The van der Waals surface area contributed by atoms with Crippen LogP contribution in [0.1, 0.15) is 15.9 Å². The van der Waals surface area contributed by atoms with E-state index in [4.69, 9.17) is 0 Å². The van der Waals surface area contributed by atoms with Crippen LogP contribution >= 0.6 is 0 Å². The molecule has 0 aliphatic carbocycles. The van der Waals surface area contributed by atoms with E-state index in [9.17, 15) is 18.7 Å². The third-order valence-corrected chi connectivity index (χ3v) is 4.47. The van der Waals surface area contributed by atoms with Gasteiger partial charge in [0.05, 0.1) is 11.4 Å². The van der Waals surface area contributed by atoms with E-state index in [1.807, 2.05) is 30.3 Å². The zero-order valence-electron chi connectivity index (χ0n) is 15.6. The van der Waals surface area contributed by atoms with Crippen LogP contribution in [-0.4, -0.2) is 25.8 Å². The average Bonchev–Trinajstić information content (AvgIpc) is 3.17. The van der Waals surface area contributed by atoms with Crippen LogP contribution in [0.4, 0.5) is 8.78 Å². The van der Waals surface area contributed by atoms with Gasteiger partial charge in [-0.05, 0) is 24.3 Å². The number of nitrogens with one attached hydrogen (secondary N) is 1. The highest BCUT2D eigenvalue weighted by molar-refractivity contribution is 5.97. The fourth-order valence-corrected chi connectivity index (χ4v) is 3.05. The second kappa shape index (κ2) is 8.12. The maximum Gasteiger partial charge on any atom is 0.258 e. The van der Waals surface area contributed by atoms with E-state index < -0.39 is 28.9 Å². The van der Waals surface area contributed by atoms with Gasteiger partial charge < -0.3 is 10.4 Å². The van der Waals surface area contributed by atoms with Crippen molar-refractivity contribution < 1.29 is 18.7 Å². The molecule has 2 N–H and O–H groups in total. The lowest BCUT2D eigenvalue weighted by Gasteiger charge is -2.08.